The summed E-state index contributed by atoms with van der Waals surface area (Å²) in [6.07, 6.45) is 5.34. The molecule has 4 heteroatoms. The molecule has 0 aromatic carbocycles. The molecule has 1 aromatic heterocycles. The Balaban J connectivity index is 2.20. The Hall–Kier alpha value is -0.870. The van der Waals surface area contributed by atoms with Gasteiger partial charge in [-0.1, -0.05) is 0 Å². The minimum atomic E-state index is 0.468. The monoisotopic (exact) mass is 208 g/mol. The molecule has 0 spiro atoms. The zero-order chi connectivity index (χ0) is 10.8. The van der Waals surface area contributed by atoms with Gasteiger partial charge in [-0.3, -0.25) is 9.58 Å². The van der Waals surface area contributed by atoms with Crippen molar-refractivity contribution in [3.8, 4) is 0 Å². The molecule has 0 amide bonds. The first kappa shape index (κ1) is 10.6. The summed E-state index contributed by atoms with van der Waals surface area (Å²) >= 11 is 0. The Morgan fingerprint density at radius 3 is 3.00 bits per heavy atom. The van der Waals surface area contributed by atoms with Crippen LogP contribution in [-0.4, -0.2) is 34.8 Å². The van der Waals surface area contributed by atoms with Crippen LogP contribution in [0.4, 0.5) is 0 Å². The molecule has 15 heavy (non-hydrogen) atoms. The first-order valence-corrected chi connectivity index (χ1v) is 5.69. The molecule has 84 valence electrons. The molecule has 0 radical (unpaired) electrons. The number of aryl methyl sites for hydroxylation is 1. The van der Waals surface area contributed by atoms with Crippen molar-refractivity contribution in [2.45, 2.75) is 25.9 Å². The largest absolute Gasteiger partial charge is 0.330 e. The molecular formula is C11H20N4. The van der Waals surface area contributed by atoms with E-state index in [1.165, 1.54) is 12.0 Å². The fraction of sp³-hybridized carbons (Fsp3) is 0.727. The third-order valence-corrected chi connectivity index (χ3v) is 3.40. The van der Waals surface area contributed by atoms with E-state index in [2.05, 4.69) is 30.2 Å². The van der Waals surface area contributed by atoms with Gasteiger partial charge in [0.1, 0.15) is 0 Å². The molecule has 4 nitrogen and oxygen atoms in total. The maximum atomic E-state index is 5.81. The van der Waals surface area contributed by atoms with Crippen LogP contribution in [0.2, 0.25) is 0 Å². The average molecular weight is 208 g/mol. The number of nitrogens with zero attached hydrogens (tertiary/aromatic N) is 3. The van der Waals surface area contributed by atoms with Crippen LogP contribution < -0.4 is 5.73 Å². The van der Waals surface area contributed by atoms with Crippen molar-refractivity contribution in [1.82, 2.24) is 14.7 Å². The topological polar surface area (TPSA) is 47.1 Å². The van der Waals surface area contributed by atoms with Gasteiger partial charge in [0.25, 0.3) is 0 Å². The molecule has 1 fully saturated rings. The maximum absolute atomic E-state index is 5.81. The van der Waals surface area contributed by atoms with Crippen LogP contribution in [0.15, 0.2) is 12.4 Å². The first-order valence-electron chi connectivity index (χ1n) is 5.69. The summed E-state index contributed by atoms with van der Waals surface area (Å²) in [6, 6.07) is 0.468. The second kappa shape index (κ2) is 4.33. The SMILES string of the molecule is CCn1cc(C2C(CN)CCN2C)cn1. The molecule has 0 bridgehead atoms. The standard InChI is InChI=1S/C11H20N4/c1-3-15-8-10(7-13-15)11-9(6-12)4-5-14(11)2/h7-9,11H,3-6,12H2,1-2H3. The highest BCUT2D eigenvalue weighted by atomic mass is 15.3. The molecule has 1 aliphatic rings. The van der Waals surface area contributed by atoms with Gasteiger partial charge in [-0.25, -0.2) is 0 Å². The lowest BCUT2D eigenvalue weighted by atomic mass is 9.96. The number of rotatable bonds is 3. The van der Waals surface area contributed by atoms with Crippen LogP contribution in [0.3, 0.4) is 0 Å². The van der Waals surface area contributed by atoms with Gasteiger partial charge in [0.15, 0.2) is 0 Å². The van der Waals surface area contributed by atoms with E-state index in [1.807, 2.05) is 10.9 Å². The van der Waals surface area contributed by atoms with Crippen LogP contribution in [0, 0.1) is 5.92 Å². The quantitative estimate of drug-likeness (QED) is 0.801. The number of hydrogen-bond donors (Lipinski definition) is 1. The van der Waals surface area contributed by atoms with Crippen molar-refractivity contribution in [3.05, 3.63) is 18.0 Å². The van der Waals surface area contributed by atoms with Crippen molar-refractivity contribution in [2.24, 2.45) is 11.7 Å². The lowest BCUT2D eigenvalue weighted by Crippen LogP contribution is -2.24. The molecule has 2 rings (SSSR count). The van der Waals surface area contributed by atoms with Crippen molar-refractivity contribution in [3.63, 3.8) is 0 Å². The molecule has 2 N–H and O–H groups in total. The third kappa shape index (κ3) is 1.92. The third-order valence-electron chi connectivity index (χ3n) is 3.40. The van der Waals surface area contributed by atoms with Gasteiger partial charge < -0.3 is 5.73 Å². The second-order valence-corrected chi connectivity index (χ2v) is 4.34. The minimum absolute atomic E-state index is 0.468. The van der Waals surface area contributed by atoms with Gasteiger partial charge in [0, 0.05) is 24.3 Å². The summed E-state index contributed by atoms with van der Waals surface area (Å²) in [6.45, 7) is 4.95. The van der Waals surface area contributed by atoms with E-state index >= 15 is 0 Å². The Morgan fingerprint density at radius 1 is 1.60 bits per heavy atom. The first-order chi connectivity index (χ1) is 7.26. The molecule has 2 heterocycles. The summed E-state index contributed by atoms with van der Waals surface area (Å²) in [5.74, 6) is 0.588. The Morgan fingerprint density at radius 2 is 2.40 bits per heavy atom. The van der Waals surface area contributed by atoms with Crippen LogP contribution in [-0.2, 0) is 6.54 Å². The summed E-state index contributed by atoms with van der Waals surface area (Å²) in [4.78, 5) is 2.38. The van der Waals surface area contributed by atoms with Crippen molar-refractivity contribution in [2.75, 3.05) is 20.1 Å². The van der Waals surface area contributed by atoms with Crippen LogP contribution in [0.1, 0.15) is 24.9 Å². The van der Waals surface area contributed by atoms with Gasteiger partial charge in [-0.05, 0) is 39.4 Å². The van der Waals surface area contributed by atoms with E-state index < -0.39 is 0 Å². The van der Waals surface area contributed by atoms with E-state index in [4.69, 9.17) is 5.73 Å². The van der Waals surface area contributed by atoms with E-state index in [0.29, 0.717) is 12.0 Å². The molecule has 1 saturated heterocycles. The second-order valence-electron chi connectivity index (χ2n) is 4.34. The van der Waals surface area contributed by atoms with Gasteiger partial charge in [0.2, 0.25) is 0 Å². The summed E-state index contributed by atoms with van der Waals surface area (Å²) < 4.78 is 1.98. The summed E-state index contributed by atoms with van der Waals surface area (Å²) in [5, 5.41) is 4.33. The Kier molecular flexibility index (Phi) is 3.07. The zero-order valence-electron chi connectivity index (χ0n) is 9.56. The van der Waals surface area contributed by atoms with E-state index in [-0.39, 0.29) is 0 Å². The lowest BCUT2D eigenvalue weighted by Gasteiger charge is -2.22. The van der Waals surface area contributed by atoms with Crippen molar-refractivity contribution < 1.29 is 0 Å². The van der Waals surface area contributed by atoms with Crippen molar-refractivity contribution >= 4 is 0 Å². The summed E-state index contributed by atoms with van der Waals surface area (Å²) in [7, 11) is 2.17. The molecule has 2 atom stereocenters. The van der Waals surface area contributed by atoms with Gasteiger partial charge in [-0.15, -0.1) is 0 Å². The fourth-order valence-corrected chi connectivity index (χ4v) is 2.50. The number of likely N-dealkylation sites (tertiary alicyclic amines) is 1. The van der Waals surface area contributed by atoms with Gasteiger partial charge in [0.05, 0.1) is 6.20 Å². The number of nitrogens with two attached hydrogens (primary N) is 1. The van der Waals surface area contributed by atoms with Crippen LogP contribution >= 0.6 is 0 Å². The van der Waals surface area contributed by atoms with Crippen LogP contribution in [0.5, 0.6) is 0 Å². The molecule has 0 saturated carbocycles. The van der Waals surface area contributed by atoms with Crippen LogP contribution in [0.25, 0.3) is 0 Å². The predicted molar refractivity (Wildman–Crippen MR) is 60.4 cm³/mol. The van der Waals surface area contributed by atoms with Gasteiger partial charge in [-0.2, -0.15) is 5.10 Å². The molecule has 0 aliphatic carbocycles. The lowest BCUT2D eigenvalue weighted by molar-refractivity contribution is 0.279. The fourth-order valence-electron chi connectivity index (χ4n) is 2.50. The van der Waals surface area contributed by atoms with Gasteiger partial charge >= 0.3 is 0 Å². The average Bonchev–Trinajstić information content (AvgIpc) is 2.83. The Labute approximate surface area is 91.1 Å². The predicted octanol–water partition coefficient (Wildman–Crippen LogP) is 0.854. The Bertz CT molecular complexity index is 320. The number of aromatic nitrogens is 2. The smallest absolute Gasteiger partial charge is 0.0537 e. The maximum Gasteiger partial charge on any atom is 0.0537 e. The normalized spacial score (nSPS) is 27.4. The number of hydrogen-bond acceptors (Lipinski definition) is 3. The highest BCUT2D eigenvalue weighted by Gasteiger charge is 2.32. The van der Waals surface area contributed by atoms with E-state index in [0.717, 1.165) is 19.6 Å². The molecule has 1 aliphatic heterocycles. The molecular weight excluding hydrogens is 188 g/mol. The van der Waals surface area contributed by atoms with Crippen molar-refractivity contribution in [1.29, 1.82) is 0 Å². The minimum Gasteiger partial charge on any atom is -0.330 e. The highest BCUT2D eigenvalue weighted by Crippen LogP contribution is 2.34. The molecule has 2 unspecified atom stereocenters. The zero-order valence-corrected chi connectivity index (χ0v) is 9.56. The molecule has 1 aromatic rings. The summed E-state index contributed by atoms with van der Waals surface area (Å²) in [5.41, 5.74) is 7.12. The van der Waals surface area contributed by atoms with E-state index in [1.54, 1.807) is 0 Å². The van der Waals surface area contributed by atoms with E-state index in [9.17, 15) is 0 Å². The highest BCUT2D eigenvalue weighted by molar-refractivity contribution is 5.14.